The van der Waals surface area contributed by atoms with Gasteiger partial charge >= 0.3 is 0 Å². The maximum absolute atomic E-state index is 13.5. The van der Waals surface area contributed by atoms with Crippen LogP contribution in [-0.2, 0) is 10.0 Å². The van der Waals surface area contributed by atoms with Crippen LogP contribution in [0.2, 0.25) is 0 Å². The summed E-state index contributed by atoms with van der Waals surface area (Å²) in [6.45, 7) is 0.769. The van der Waals surface area contributed by atoms with Crippen molar-refractivity contribution in [1.29, 1.82) is 0 Å². The number of nitrogens with one attached hydrogen (secondary N) is 3. The van der Waals surface area contributed by atoms with Crippen LogP contribution in [0.4, 0.5) is 11.4 Å². The summed E-state index contributed by atoms with van der Waals surface area (Å²) in [6.07, 6.45) is 0. The van der Waals surface area contributed by atoms with Crippen molar-refractivity contribution in [2.45, 2.75) is 4.90 Å². The number of hydrogen-bond acceptors (Lipinski definition) is 7. The second kappa shape index (κ2) is 12.9. The molecule has 9 nitrogen and oxygen atoms in total. The monoisotopic (exact) mass is 561 g/mol. The van der Waals surface area contributed by atoms with Gasteiger partial charge in [-0.25, -0.2) is 8.42 Å². The van der Waals surface area contributed by atoms with Gasteiger partial charge in [-0.05, 0) is 54.1 Å². The van der Waals surface area contributed by atoms with E-state index >= 15 is 0 Å². The minimum atomic E-state index is -4.01. The minimum absolute atomic E-state index is 0.00387. The lowest BCUT2D eigenvalue weighted by Crippen LogP contribution is -2.29. The van der Waals surface area contributed by atoms with Gasteiger partial charge < -0.3 is 24.8 Å². The van der Waals surface area contributed by atoms with Gasteiger partial charge in [-0.15, -0.1) is 0 Å². The van der Waals surface area contributed by atoms with Gasteiger partial charge in [-0.1, -0.05) is 42.5 Å². The fourth-order valence-electron chi connectivity index (χ4n) is 4.15. The van der Waals surface area contributed by atoms with Crippen molar-refractivity contribution < 1.29 is 27.4 Å². The van der Waals surface area contributed by atoms with E-state index in [9.17, 15) is 13.2 Å². The average Bonchev–Trinajstić information content (AvgIpc) is 2.98. The SMILES string of the molecule is COc1ccccc1C(=O)NCCNc1cccc(NS(=O)(=O)c2cc(-c3ccccc3OC)ccc2OC)c1. The molecule has 208 valence electrons. The van der Waals surface area contributed by atoms with Gasteiger partial charge in [0.25, 0.3) is 15.9 Å². The summed E-state index contributed by atoms with van der Waals surface area (Å²) in [5, 5.41) is 6.03. The van der Waals surface area contributed by atoms with Gasteiger partial charge in [0.15, 0.2) is 0 Å². The Morgan fingerprint density at radius 3 is 2.12 bits per heavy atom. The van der Waals surface area contributed by atoms with Crippen LogP contribution in [0.5, 0.6) is 17.2 Å². The first-order valence-corrected chi connectivity index (χ1v) is 13.9. The fourth-order valence-corrected chi connectivity index (χ4v) is 5.40. The molecule has 4 aromatic rings. The van der Waals surface area contributed by atoms with E-state index in [4.69, 9.17) is 14.2 Å². The van der Waals surface area contributed by atoms with Crippen LogP contribution in [-0.4, -0.2) is 48.7 Å². The summed E-state index contributed by atoms with van der Waals surface area (Å²) in [5.74, 6) is 1.09. The third-order valence-electron chi connectivity index (χ3n) is 6.08. The second-order valence-corrected chi connectivity index (χ2v) is 10.3. The molecule has 0 radical (unpaired) electrons. The van der Waals surface area contributed by atoms with Gasteiger partial charge in [0.1, 0.15) is 22.1 Å². The van der Waals surface area contributed by atoms with E-state index in [-0.39, 0.29) is 16.6 Å². The topological polar surface area (TPSA) is 115 Å². The van der Waals surface area contributed by atoms with Gasteiger partial charge in [-0.3, -0.25) is 9.52 Å². The maximum atomic E-state index is 13.5. The molecule has 0 aliphatic carbocycles. The zero-order valence-corrected chi connectivity index (χ0v) is 23.2. The summed E-state index contributed by atoms with van der Waals surface area (Å²) in [7, 11) is 0.498. The highest BCUT2D eigenvalue weighted by Gasteiger charge is 2.22. The van der Waals surface area contributed by atoms with Crippen LogP contribution in [0, 0.1) is 0 Å². The fraction of sp³-hybridized carbons (Fsp3) is 0.167. The van der Waals surface area contributed by atoms with Gasteiger partial charge in [0.2, 0.25) is 0 Å². The maximum Gasteiger partial charge on any atom is 0.265 e. The van der Waals surface area contributed by atoms with E-state index in [1.807, 2.05) is 30.3 Å². The van der Waals surface area contributed by atoms with E-state index in [1.54, 1.807) is 67.8 Å². The Bertz CT molecular complexity index is 1590. The Balaban J connectivity index is 1.44. The molecule has 0 aromatic heterocycles. The molecule has 0 saturated heterocycles. The third kappa shape index (κ3) is 6.65. The number of carbonyl (C=O) groups is 1. The quantitative estimate of drug-likeness (QED) is 0.208. The smallest absolute Gasteiger partial charge is 0.265 e. The van der Waals surface area contributed by atoms with Crippen LogP contribution >= 0.6 is 0 Å². The van der Waals surface area contributed by atoms with E-state index in [0.717, 1.165) is 5.56 Å². The number of rotatable bonds is 12. The van der Waals surface area contributed by atoms with Gasteiger partial charge in [-0.2, -0.15) is 0 Å². The van der Waals surface area contributed by atoms with Crippen molar-refractivity contribution in [2.24, 2.45) is 0 Å². The average molecular weight is 562 g/mol. The molecule has 40 heavy (non-hydrogen) atoms. The highest BCUT2D eigenvalue weighted by Crippen LogP contribution is 2.35. The van der Waals surface area contributed by atoms with Crippen LogP contribution in [0.1, 0.15) is 10.4 Å². The van der Waals surface area contributed by atoms with Crippen LogP contribution in [0.25, 0.3) is 11.1 Å². The molecule has 0 bridgehead atoms. The van der Waals surface area contributed by atoms with E-state index in [1.165, 1.54) is 14.2 Å². The summed E-state index contributed by atoms with van der Waals surface area (Å²) in [5.41, 5.74) is 2.93. The number of carbonyl (C=O) groups excluding carboxylic acids is 1. The first-order chi connectivity index (χ1) is 19.4. The van der Waals surface area contributed by atoms with Crippen molar-refractivity contribution in [3.05, 3.63) is 96.6 Å². The number of ether oxygens (including phenoxy) is 3. The Labute approximate surface area is 234 Å². The summed E-state index contributed by atoms with van der Waals surface area (Å²) < 4.78 is 45.6. The molecule has 10 heteroatoms. The first kappa shape index (κ1) is 28.3. The number of anilines is 2. The van der Waals surface area contributed by atoms with Crippen molar-refractivity contribution in [3.8, 4) is 28.4 Å². The van der Waals surface area contributed by atoms with E-state index < -0.39 is 10.0 Å². The Kier molecular flexibility index (Phi) is 9.13. The number of sulfonamides is 1. The lowest BCUT2D eigenvalue weighted by molar-refractivity contribution is 0.0952. The molecule has 0 unspecified atom stereocenters. The normalized spacial score (nSPS) is 10.9. The standard InChI is InChI=1S/C30H31N3O6S/c1-37-26-13-6-4-11-24(26)21-15-16-28(39-3)29(19-21)40(35,36)33-23-10-8-9-22(20-23)31-17-18-32-30(34)25-12-5-7-14-27(25)38-2/h4-16,19-20,31,33H,17-18H2,1-3H3,(H,32,34). The molecule has 0 saturated carbocycles. The van der Waals surface area contributed by atoms with Crippen molar-refractivity contribution in [2.75, 3.05) is 44.5 Å². The molecule has 0 aliphatic heterocycles. The van der Waals surface area contributed by atoms with Gasteiger partial charge in [0.05, 0.1) is 32.6 Å². The van der Waals surface area contributed by atoms with Crippen molar-refractivity contribution >= 4 is 27.3 Å². The van der Waals surface area contributed by atoms with Gasteiger partial charge in [0, 0.05) is 24.3 Å². The number of benzene rings is 4. The molecule has 0 aliphatic rings. The molecule has 3 N–H and O–H groups in total. The molecule has 0 spiro atoms. The first-order valence-electron chi connectivity index (χ1n) is 12.5. The highest BCUT2D eigenvalue weighted by molar-refractivity contribution is 7.92. The van der Waals surface area contributed by atoms with Crippen LogP contribution in [0.15, 0.2) is 95.9 Å². The molecular weight excluding hydrogens is 530 g/mol. The van der Waals surface area contributed by atoms with E-state index in [0.29, 0.717) is 47.1 Å². The predicted octanol–water partition coefficient (Wildman–Crippen LogP) is 5.02. The van der Waals surface area contributed by atoms with Crippen LogP contribution < -0.4 is 29.6 Å². The van der Waals surface area contributed by atoms with Crippen LogP contribution in [0.3, 0.4) is 0 Å². The molecule has 1 amide bonds. The zero-order chi connectivity index (χ0) is 28.5. The largest absolute Gasteiger partial charge is 0.496 e. The molecule has 4 aromatic carbocycles. The zero-order valence-electron chi connectivity index (χ0n) is 22.4. The Morgan fingerprint density at radius 1 is 0.700 bits per heavy atom. The predicted molar refractivity (Wildman–Crippen MR) is 156 cm³/mol. The molecule has 0 atom stereocenters. The molecule has 0 heterocycles. The number of methoxy groups -OCH3 is 3. The summed E-state index contributed by atoms with van der Waals surface area (Å²) in [6, 6.07) is 26.2. The molecule has 0 fully saturated rings. The Hall–Kier alpha value is -4.70. The third-order valence-corrected chi connectivity index (χ3v) is 7.48. The Morgan fingerprint density at radius 2 is 1.38 bits per heavy atom. The molecular formula is C30H31N3O6S. The highest BCUT2D eigenvalue weighted by atomic mass is 32.2. The number of amides is 1. The summed E-state index contributed by atoms with van der Waals surface area (Å²) in [4.78, 5) is 12.5. The molecule has 4 rings (SSSR count). The van der Waals surface area contributed by atoms with Crippen molar-refractivity contribution in [3.63, 3.8) is 0 Å². The minimum Gasteiger partial charge on any atom is -0.496 e. The lowest BCUT2D eigenvalue weighted by atomic mass is 10.0. The number of para-hydroxylation sites is 2. The second-order valence-electron chi connectivity index (χ2n) is 8.64. The van der Waals surface area contributed by atoms with E-state index in [2.05, 4.69) is 15.4 Å². The summed E-state index contributed by atoms with van der Waals surface area (Å²) >= 11 is 0. The lowest BCUT2D eigenvalue weighted by Gasteiger charge is -2.15. The van der Waals surface area contributed by atoms with Crippen molar-refractivity contribution in [1.82, 2.24) is 5.32 Å². The number of hydrogen-bond donors (Lipinski definition) is 3.